The van der Waals surface area contributed by atoms with Crippen LogP contribution < -0.4 is 10.2 Å². The van der Waals surface area contributed by atoms with Gasteiger partial charge in [-0.15, -0.1) is 0 Å². The molecule has 0 saturated carbocycles. The second-order valence-electron chi connectivity index (χ2n) is 6.01. The largest absolute Gasteiger partial charge is 0.352 e. The molecule has 0 spiro atoms. The average Bonchev–Trinajstić information content (AvgIpc) is 2.58. The van der Waals surface area contributed by atoms with E-state index < -0.39 is 0 Å². The lowest BCUT2D eigenvalue weighted by Crippen LogP contribution is -2.40. The van der Waals surface area contributed by atoms with Crippen LogP contribution in [0.15, 0.2) is 18.3 Å². The van der Waals surface area contributed by atoms with Gasteiger partial charge in [0.1, 0.15) is 11.9 Å². The van der Waals surface area contributed by atoms with Gasteiger partial charge in [-0.2, -0.15) is 5.26 Å². The zero-order valence-electron chi connectivity index (χ0n) is 15.2. The molecule has 132 valence electrons. The number of nitrogens with zero attached hydrogens (tertiary/aromatic N) is 4. The van der Waals surface area contributed by atoms with Crippen molar-refractivity contribution in [3.63, 3.8) is 0 Å². The second-order valence-corrected chi connectivity index (χ2v) is 6.01. The number of carbonyl (C=O) groups is 1. The molecule has 1 heterocycles. The number of likely N-dealkylation sites (N-methyl/N-ethyl adjacent to an activating group) is 1. The van der Waals surface area contributed by atoms with Crippen molar-refractivity contribution in [2.45, 2.75) is 39.7 Å². The molecule has 0 saturated heterocycles. The summed E-state index contributed by atoms with van der Waals surface area (Å²) in [6.07, 6.45) is 3.57. The maximum atomic E-state index is 12.1. The predicted octanol–water partition coefficient (Wildman–Crippen LogP) is 2.02. The van der Waals surface area contributed by atoms with E-state index in [1.807, 2.05) is 20.0 Å². The number of amides is 1. The molecule has 0 aromatic carbocycles. The van der Waals surface area contributed by atoms with Gasteiger partial charge in [0.2, 0.25) is 5.91 Å². The number of hydrogen-bond acceptors (Lipinski definition) is 5. The first-order valence-electron chi connectivity index (χ1n) is 8.59. The average molecular weight is 331 g/mol. The lowest BCUT2D eigenvalue weighted by atomic mass is 10.1. The summed E-state index contributed by atoms with van der Waals surface area (Å²) in [5, 5.41) is 11.8. The van der Waals surface area contributed by atoms with E-state index in [1.165, 1.54) is 6.20 Å². The number of anilines is 1. The van der Waals surface area contributed by atoms with Crippen molar-refractivity contribution in [3.05, 3.63) is 23.9 Å². The highest BCUT2D eigenvalue weighted by Gasteiger charge is 2.11. The van der Waals surface area contributed by atoms with E-state index in [0.29, 0.717) is 11.4 Å². The van der Waals surface area contributed by atoms with E-state index in [4.69, 9.17) is 5.26 Å². The van der Waals surface area contributed by atoms with Gasteiger partial charge in [-0.25, -0.2) is 4.98 Å². The molecule has 1 atom stereocenters. The highest BCUT2D eigenvalue weighted by Crippen LogP contribution is 2.08. The SMILES string of the molecule is CCN(CC)CCC[C@@H](C)NC(=O)CN(C)c1ccc(C#N)cn1. The van der Waals surface area contributed by atoms with Crippen LogP contribution in [-0.4, -0.2) is 55.1 Å². The van der Waals surface area contributed by atoms with Crippen molar-refractivity contribution < 1.29 is 4.79 Å². The number of carbonyl (C=O) groups excluding carboxylic acids is 1. The maximum absolute atomic E-state index is 12.1. The van der Waals surface area contributed by atoms with E-state index in [1.54, 1.807) is 17.0 Å². The van der Waals surface area contributed by atoms with Crippen molar-refractivity contribution >= 4 is 11.7 Å². The van der Waals surface area contributed by atoms with E-state index in [-0.39, 0.29) is 18.5 Å². The summed E-state index contributed by atoms with van der Waals surface area (Å²) in [5.41, 5.74) is 0.512. The minimum atomic E-state index is -0.0148. The normalized spacial score (nSPS) is 11.8. The topological polar surface area (TPSA) is 72.3 Å². The summed E-state index contributed by atoms with van der Waals surface area (Å²) in [7, 11) is 1.82. The van der Waals surface area contributed by atoms with Crippen molar-refractivity contribution in [3.8, 4) is 6.07 Å². The van der Waals surface area contributed by atoms with Crippen LogP contribution in [0.1, 0.15) is 39.2 Å². The molecule has 24 heavy (non-hydrogen) atoms. The van der Waals surface area contributed by atoms with Gasteiger partial charge >= 0.3 is 0 Å². The van der Waals surface area contributed by atoms with Gasteiger partial charge in [0.05, 0.1) is 12.1 Å². The summed E-state index contributed by atoms with van der Waals surface area (Å²) in [5.74, 6) is 0.664. The van der Waals surface area contributed by atoms with Gasteiger partial charge < -0.3 is 15.1 Å². The van der Waals surface area contributed by atoms with Gasteiger partial charge in [0.25, 0.3) is 0 Å². The molecule has 1 amide bonds. The van der Waals surface area contributed by atoms with E-state index >= 15 is 0 Å². The molecular weight excluding hydrogens is 302 g/mol. The number of rotatable bonds is 10. The third-order valence-electron chi connectivity index (χ3n) is 4.06. The van der Waals surface area contributed by atoms with Gasteiger partial charge in [0, 0.05) is 19.3 Å². The standard InChI is InChI=1S/C18H29N5O/c1-5-23(6-2)11-7-8-15(3)21-18(24)14-22(4)17-10-9-16(12-19)13-20-17/h9-10,13,15H,5-8,11,14H2,1-4H3,(H,21,24)/t15-/m1/s1. The zero-order chi connectivity index (χ0) is 17.9. The number of nitrogens with one attached hydrogen (secondary N) is 1. The number of hydrogen-bond donors (Lipinski definition) is 1. The fourth-order valence-corrected chi connectivity index (χ4v) is 2.53. The summed E-state index contributed by atoms with van der Waals surface area (Å²) in [4.78, 5) is 20.5. The first-order valence-corrected chi connectivity index (χ1v) is 8.59. The van der Waals surface area contributed by atoms with Gasteiger partial charge in [-0.05, 0) is 51.5 Å². The number of aromatic nitrogens is 1. The van der Waals surface area contributed by atoms with Crippen LogP contribution in [0.2, 0.25) is 0 Å². The van der Waals surface area contributed by atoms with E-state index in [2.05, 4.69) is 29.0 Å². The minimum absolute atomic E-state index is 0.0148. The molecular formula is C18H29N5O. The van der Waals surface area contributed by atoms with Gasteiger partial charge in [-0.3, -0.25) is 4.79 Å². The highest BCUT2D eigenvalue weighted by atomic mass is 16.2. The van der Waals surface area contributed by atoms with Crippen LogP contribution in [0.25, 0.3) is 0 Å². The molecule has 0 aliphatic heterocycles. The first kappa shape index (κ1) is 19.9. The Morgan fingerprint density at radius 3 is 2.62 bits per heavy atom. The molecule has 1 N–H and O–H groups in total. The summed E-state index contributed by atoms with van der Waals surface area (Å²) in [6.45, 7) is 9.84. The smallest absolute Gasteiger partial charge is 0.239 e. The summed E-state index contributed by atoms with van der Waals surface area (Å²) < 4.78 is 0. The van der Waals surface area contributed by atoms with Gasteiger partial charge in [0.15, 0.2) is 0 Å². The zero-order valence-corrected chi connectivity index (χ0v) is 15.2. The monoisotopic (exact) mass is 331 g/mol. The fourth-order valence-electron chi connectivity index (χ4n) is 2.53. The first-order chi connectivity index (χ1) is 11.5. The van der Waals surface area contributed by atoms with Crippen LogP contribution >= 0.6 is 0 Å². The molecule has 0 radical (unpaired) electrons. The Morgan fingerprint density at radius 1 is 1.38 bits per heavy atom. The molecule has 0 aliphatic carbocycles. The lowest BCUT2D eigenvalue weighted by Gasteiger charge is -2.21. The summed E-state index contributed by atoms with van der Waals surface area (Å²) >= 11 is 0. The van der Waals surface area contributed by atoms with E-state index in [9.17, 15) is 4.79 Å². The van der Waals surface area contributed by atoms with Crippen LogP contribution in [0.5, 0.6) is 0 Å². The number of pyridine rings is 1. The molecule has 0 unspecified atom stereocenters. The fraction of sp³-hybridized carbons (Fsp3) is 0.611. The molecule has 0 fully saturated rings. The van der Waals surface area contributed by atoms with Crippen molar-refractivity contribution in [1.29, 1.82) is 5.26 Å². The van der Waals surface area contributed by atoms with E-state index in [0.717, 1.165) is 32.5 Å². The Hall–Kier alpha value is -2.13. The highest BCUT2D eigenvalue weighted by molar-refractivity contribution is 5.81. The van der Waals surface area contributed by atoms with Crippen molar-refractivity contribution in [1.82, 2.24) is 15.2 Å². The van der Waals surface area contributed by atoms with Crippen molar-refractivity contribution in [2.75, 3.05) is 38.1 Å². The lowest BCUT2D eigenvalue weighted by molar-refractivity contribution is -0.120. The molecule has 0 bridgehead atoms. The molecule has 1 aromatic rings. The molecule has 0 aliphatic rings. The second kappa shape index (κ2) is 10.6. The van der Waals surface area contributed by atoms with Crippen LogP contribution in [0, 0.1) is 11.3 Å². The minimum Gasteiger partial charge on any atom is -0.352 e. The Labute approximate surface area is 145 Å². The third kappa shape index (κ3) is 6.97. The maximum Gasteiger partial charge on any atom is 0.239 e. The van der Waals surface area contributed by atoms with Crippen LogP contribution in [-0.2, 0) is 4.79 Å². The molecule has 1 aromatic heterocycles. The van der Waals surface area contributed by atoms with Gasteiger partial charge in [-0.1, -0.05) is 13.8 Å². The Bertz CT molecular complexity index is 533. The molecule has 6 heteroatoms. The number of nitriles is 1. The molecule has 1 rings (SSSR count). The van der Waals surface area contributed by atoms with Crippen molar-refractivity contribution in [2.24, 2.45) is 0 Å². The molecule has 6 nitrogen and oxygen atoms in total. The van der Waals surface area contributed by atoms with Crippen LogP contribution in [0.3, 0.4) is 0 Å². The third-order valence-corrected chi connectivity index (χ3v) is 4.06. The Balaban J connectivity index is 2.34. The Kier molecular flexibility index (Phi) is 8.80. The predicted molar refractivity (Wildman–Crippen MR) is 96.8 cm³/mol. The quantitative estimate of drug-likeness (QED) is 0.710. The Morgan fingerprint density at radius 2 is 2.08 bits per heavy atom. The summed E-state index contributed by atoms with van der Waals surface area (Å²) in [6, 6.07) is 5.64. The van der Waals surface area contributed by atoms with Crippen LogP contribution in [0.4, 0.5) is 5.82 Å².